The number of hydrogen-bond donors (Lipinski definition) is 1. The summed E-state index contributed by atoms with van der Waals surface area (Å²) in [5.41, 5.74) is 8.98. The number of amides is 1. The van der Waals surface area contributed by atoms with E-state index in [1.54, 1.807) is 54.6 Å². The summed E-state index contributed by atoms with van der Waals surface area (Å²) in [7, 11) is 1.50. The van der Waals surface area contributed by atoms with E-state index < -0.39 is 17.5 Å². The van der Waals surface area contributed by atoms with E-state index in [1.165, 1.54) is 13.2 Å². The Morgan fingerprint density at radius 1 is 1.04 bits per heavy atom. The zero-order chi connectivity index (χ0) is 31.7. The zero-order valence-electron chi connectivity index (χ0n) is 24.9. The fraction of sp³-hybridized carbons (Fsp3) is 0.257. The summed E-state index contributed by atoms with van der Waals surface area (Å²) in [5, 5.41) is 9.13. The molecule has 6 rings (SSSR count). The van der Waals surface area contributed by atoms with E-state index in [2.05, 4.69) is 18.0 Å². The number of nitriles is 1. The Balaban J connectivity index is 1.27. The first kappa shape index (κ1) is 29.8. The van der Waals surface area contributed by atoms with Crippen molar-refractivity contribution in [1.29, 1.82) is 5.26 Å². The number of fused-ring (bicyclic) bond motifs is 1. The van der Waals surface area contributed by atoms with Crippen LogP contribution in [0.3, 0.4) is 0 Å². The topological polar surface area (TPSA) is 116 Å². The second-order valence-corrected chi connectivity index (χ2v) is 11.4. The van der Waals surface area contributed by atoms with E-state index in [0.717, 1.165) is 30.8 Å². The van der Waals surface area contributed by atoms with Crippen LogP contribution in [0.5, 0.6) is 11.6 Å². The van der Waals surface area contributed by atoms with Crippen LogP contribution in [0, 0.1) is 28.4 Å². The number of nitrogens with two attached hydrogens (primary N) is 1. The van der Waals surface area contributed by atoms with Gasteiger partial charge in [-0.25, -0.2) is 18.7 Å². The fourth-order valence-corrected chi connectivity index (χ4v) is 5.59. The van der Waals surface area contributed by atoms with Gasteiger partial charge in [0.1, 0.15) is 29.8 Å². The Hall–Kier alpha value is -5.30. The van der Waals surface area contributed by atoms with Crippen LogP contribution in [0.4, 0.5) is 8.78 Å². The van der Waals surface area contributed by atoms with E-state index >= 15 is 8.78 Å². The van der Waals surface area contributed by atoms with Crippen molar-refractivity contribution in [2.75, 3.05) is 7.11 Å². The lowest BCUT2D eigenvalue weighted by molar-refractivity contribution is 0.100. The maximum atomic E-state index is 15.6. The van der Waals surface area contributed by atoms with Gasteiger partial charge in [-0.3, -0.25) is 4.79 Å². The molecule has 5 aromatic rings. The lowest BCUT2D eigenvalue weighted by Crippen LogP contribution is -2.15. The Bertz CT molecular complexity index is 1980. The smallest absolute Gasteiger partial charge is 0.248 e. The van der Waals surface area contributed by atoms with Crippen molar-refractivity contribution in [3.63, 3.8) is 0 Å². The molecule has 0 bridgehead atoms. The van der Waals surface area contributed by atoms with Gasteiger partial charge in [0.15, 0.2) is 0 Å². The predicted octanol–water partition coefficient (Wildman–Crippen LogP) is 6.72. The van der Waals surface area contributed by atoms with E-state index in [-0.39, 0.29) is 41.1 Å². The molecule has 0 saturated heterocycles. The van der Waals surface area contributed by atoms with Crippen molar-refractivity contribution in [2.24, 2.45) is 11.1 Å². The summed E-state index contributed by atoms with van der Waals surface area (Å²) >= 11 is 0. The number of imidazole rings is 1. The lowest BCUT2D eigenvalue weighted by atomic mass is 10.0. The number of primary amides is 1. The molecular formula is C35H31F2N5O3. The number of hydrogen-bond acceptors (Lipinski definition) is 6. The molecule has 45 heavy (non-hydrogen) atoms. The first-order valence-electron chi connectivity index (χ1n) is 14.7. The van der Waals surface area contributed by atoms with Gasteiger partial charge >= 0.3 is 0 Å². The minimum absolute atomic E-state index is 0.000160. The highest BCUT2D eigenvalue weighted by Crippen LogP contribution is 2.50. The highest BCUT2D eigenvalue weighted by atomic mass is 19.1. The summed E-state index contributed by atoms with van der Waals surface area (Å²) in [6.07, 6.45) is 3.20. The molecule has 1 amide bonds. The Morgan fingerprint density at radius 3 is 2.58 bits per heavy atom. The molecule has 0 spiro atoms. The fourth-order valence-electron chi connectivity index (χ4n) is 5.59. The van der Waals surface area contributed by atoms with E-state index in [1.807, 2.05) is 4.57 Å². The minimum atomic E-state index is -0.629. The molecule has 10 heteroatoms. The van der Waals surface area contributed by atoms with Crippen LogP contribution in [0.25, 0.3) is 22.3 Å². The number of methoxy groups -OCH3 is 1. The molecule has 0 unspecified atom stereocenters. The third-order valence-corrected chi connectivity index (χ3v) is 8.59. The van der Waals surface area contributed by atoms with Gasteiger partial charge in [-0.05, 0) is 78.8 Å². The van der Waals surface area contributed by atoms with Crippen molar-refractivity contribution in [3.8, 4) is 29.0 Å². The van der Waals surface area contributed by atoms with Gasteiger partial charge in [0.25, 0.3) is 0 Å². The quantitative estimate of drug-likeness (QED) is 0.178. The molecule has 1 fully saturated rings. The molecule has 228 valence electrons. The molecule has 0 aliphatic heterocycles. The van der Waals surface area contributed by atoms with Crippen LogP contribution in [-0.2, 0) is 19.6 Å². The maximum absolute atomic E-state index is 15.6. The highest BCUT2D eigenvalue weighted by molar-refractivity contribution is 5.96. The monoisotopic (exact) mass is 607 g/mol. The molecule has 0 radical (unpaired) electrons. The van der Waals surface area contributed by atoms with Gasteiger partial charge in [-0.1, -0.05) is 19.1 Å². The Labute approximate surface area is 259 Å². The molecule has 3 aromatic carbocycles. The van der Waals surface area contributed by atoms with Crippen molar-refractivity contribution in [1.82, 2.24) is 14.5 Å². The second-order valence-electron chi connectivity index (χ2n) is 11.4. The van der Waals surface area contributed by atoms with Crippen molar-refractivity contribution in [2.45, 2.75) is 45.8 Å². The summed E-state index contributed by atoms with van der Waals surface area (Å²) in [5.74, 6) is -0.451. The molecule has 1 aliphatic rings. The molecular weight excluding hydrogens is 576 g/mol. The van der Waals surface area contributed by atoms with Crippen LogP contribution in [-0.4, -0.2) is 27.6 Å². The van der Waals surface area contributed by atoms with Crippen LogP contribution in [0.1, 0.15) is 59.1 Å². The van der Waals surface area contributed by atoms with Gasteiger partial charge in [0, 0.05) is 35.7 Å². The number of pyridine rings is 1. The molecule has 2 aromatic heterocycles. The number of halogens is 2. The molecule has 2 N–H and O–H groups in total. The van der Waals surface area contributed by atoms with Crippen LogP contribution < -0.4 is 15.2 Å². The van der Waals surface area contributed by atoms with Crippen molar-refractivity contribution in [3.05, 3.63) is 106 Å². The predicted molar refractivity (Wildman–Crippen MR) is 165 cm³/mol. The van der Waals surface area contributed by atoms with Crippen LogP contribution >= 0.6 is 0 Å². The van der Waals surface area contributed by atoms with E-state index in [4.69, 9.17) is 25.5 Å². The number of benzene rings is 3. The second kappa shape index (κ2) is 12.0. The summed E-state index contributed by atoms with van der Waals surface area (Å²) in [6.45, 7) is 2.92. The lowest BCUT2D eigenvalue weighted by Gasteiger charge is -2.17. The number of carbonyl (C=O) groups excluding carboxylic acids is 1. The zero-order valence-corrected chi connectivity index (χ0v) is 24.9. The molecule has 0 atom stereocenters. The van der Waals surface area contributed by atoms with Crippen LogP contribution in [0.2, 0.25) is 0 Å². The first-order valence-corrected chi connectivity index (χ1v) is 14.7. The average Bonchev–Trinajstić information content (AvgIpc) is 3.76. The van der Waals surface area contributed by atoms with Gasteiger partial charge in [-0.2, -0.15) is 5.26 Å². The first-order chi connectivity index (χ1) is 21.7. The van der Waals surface area contributed by atoms with Crippen LogP contribution in [0.15, 0.2) is 66.7 Å². The number of aromatic nitrogens is 3. The summed E-state index contributed by atoms with van der Waals surface area (Å²) < 4.78 is 44.4. The van der Waals surface area contributed by atoms with E-state index in [9.17, 15) is 4.79 Å². The number of carbonyl (C=O) groups is 1. The van der Waals surface area contributed by atoms with Crippen molar-refractivity contribution >= 4 is 16.9 Å². The van der Waals surface area contributed by atoms with Crippen molar-refractivity contribution < 1.29 is 23.0 Å². The minimum Gasteiger partial charge on any atom is -0.496 e. The standard InChI is InChI=1S/C35H31F2N5O3/c1-3-35(11-12-35)20-42-30-15-22(34(39)43)9-10-29(30)40-32(42)16-24-14-27(37)25(17-26(24)36)28-5-4-6-33(41-28)45-19-23-8-7-21(18-38)13-31(23)44-2/h4-10,13-15,17H,3,11-12,16,19-20H2,1-2H3,(H2,39,43). The normalized spacial score (nSPS) is 13.4. The van der Waals surface area contributed by atoms with Gasteiger partial charge in [0.05, 0.1) is 35.5 Å². The van der Waals surface area contributed by atoms with Gasteiger partial charge < -0.3 is 19.8 Å². The molecule has 1 saturated carbocycles. The number of ether oxygens (including phenoxy) is 2. The third-order valence-electron chi connectivity index (χ3n) is 8.59. The third kappa shape index (κ3) is 6.07. The van der Waals surface area contributed by atoms with Gasteiger partial charge in [-0.15, -0.1) is 0 Å². The molecule has 1 aliphatic carbocycles. The van der Waals surface area contributed by atoms with E-state index in [0.29, 0.717) is 40.3 Å². The molecule has 2 heterocycles. The average molecular weight is 608 g/mol. The van der Waals surface area contributed by atoms with Gasteiger partial charge in [0.2, 0.25) is 11.8 Å². The Morgan fingerprint density at radius 2 is 1.87 bits per heavy atom. The Kier molecular flexibility index (Phi) is 7.94. The highest BCUT2D eigenvalue weighted by Gasteiger charge is 2.41. The summed E-state index contributed by atoms with van der Waals surface area (Å²) in [6, 6.07) is 19.3. The summed E-state index contributed by atoms with van der Waals surface area (Å²) in [4.78, 5) is 21.0. The molecule has 8 nitrogen and oxygen atoms in total. The number of nitrogens with zero attached hydrogens (tertiary/aromatic N) is 4. The maximum Gasteiger partial charge on any atom is 0.248 e. The largest absolute Gasteiger partial charge is 0.496 e. The number of rotatable bonds is 11. The SMILES string of the molecule is CCC1(Cn2c(Cc3cc(F)c(-c4cccc(OCc5ccc(C#N)cc5OC)n4)cc3F)nc3ccc(C(N)=O)cc32)CC1.